The fraction of sp³-hybridized carbons (Fsp3) is 0.698. The lowest BCUT2D eigenvalue weighted by atomic mass is 10.0. The molecule has 0 aliphatic rings. The smallest absolute Gasteiger partial charge is 0.258 e. The van der Waals surface area contributed by atoms with Gasteiger partial charge in [-0.25, -0.2) is 0 Å². The quantitative estimate of drug-likeness (QED) is 0.0239. The van der Waals surface area contributed by atoms with Gasteiger partial charge in [0.15, 0.2) is 0 Å². The van der Waals surface area contributed by atoms with Crippen LogP contribution >= 0.6 is 24.4 Å². The van der Waals surface area contributed by atoms with Crippen LogP contribution in [0.2, 0.25) is 0 Å². The Kier molecular flexibility index (Phi) is 45.9. The molecule has 0 aliphatic heterocycles. The zero-order chi connectivity index (χ0) is 44.9. The molecule has 2 aromatic rings. The van der Waals surface area contributed by atoms with Crippen LogP contribution in [0, 0.1) is 55.4 Å². The van der Waals surface area contributed by atoms with Crippen LogP contribution in [0.25, 0.3) is 0 Å². The van der Waals surface area contributed by atoms with Gasteiger partial charge in [0.1, 0.15) is 24.3 Å². The Labute approximate surface area is 390 Å². The van der Waals surface area contributed by atoms with Crippen molar-refractivity contribution in [3.05, 3.63) is 68.8 Å². The van der Waals surface area contributed by atoms with E-state index in [9.17, 15) is 10.1 Å². The molecule has 0 aromatic heterocycles. The van der Waals surface area contributed by atoms with Crippen molar-refractivity contribution in [1.29, 1.82) is 21.0 Å². The molecule has 0 fully saturated rings. The minimum atomic E-state index is -0.609. The second-order valence-corrected chi connectivity index (χ2v) is 17.9. The molecule has 0 amide bonds. The van der Waals surface area contributed by atoms with Gasteiger partial charge in [-0.05, 0) is 48.6 Å². The topological polar surface area (TPSA) is 138 Å². The van der Waals surface area contributed by atoms with Gasteiger partial charge in [-0.1, -0.05) is 214 Å². The normalized spacial score (nSPS) is 10.1. The van der Waals surface area contributed by atoms with E-state index >= 15 is 0 Å². The number of non-ortho nitro benzene ring substituents is 1. The van der Waals surface area contributed by atoms with Gasteiger partial charge in [0.25, 0.3) is 5.69 Å². The number of nitro groups is 1. The molecule has 346 valence electrons. The lowest BCUT2D eigenvalue weighted by molar-refractivity contribution is -0.384. The van der Waals surface area contributed by atoms with Gasteiger partial charge in [-0.2, -0.15) is 33.7 Å². The third-order valence-electron chi connectivity index (χ3n) is 11.0. The maximum absolute atomic E-state index is 10.3. The number of unbranched alkanes of at least 4 members (excludes halogenated alkanes) is 30. The van der Waals surface area contributed by atoms with Crippen molar-refractivity contribution in [1.82, 2.24) is 0 Å². The molecule has 0 bridgehead atoms. The Bertz CT molecular complexity index is 1520. The molecule has 2 rings (SSSR count). The minimum Gasteiger partial charge on any atom is -0.258 e. The van der Waals surface area contributed by atoms with Crippen molar-refractivity contribution in [2.24, 2.45) is 0 Å². The Morgan fingerprint density at radius 1 is 0.468 bits per heavy atom. The van der Waals surface area contributed by atoms with Crippen LogP contribution in [0.4, 0.5) is 5.69 Å². The lowest BCUT2D eigenvalue weighted by Crippen LogP contribution is -1.90. The summed E-state index contributed by atoms with van der Waals surface area (Å²) < 4.78 is 0. The minimum absolute atomic E-state index is 0. The number of thiol groups is 1. The van der Waals surface area contributed by atoms with Crippen LogP contribution in [0.3, 0.4) is 0 Å². The van der Waals surface area contributed by atoms with Crippen molar-refractivity contribution in [2.45, 2.75) is 232 Å². The Morgan fingerprint density at radius 2 is 0.774 bits per heavy atom. The molecule has 0 heterocycles. The van der Waals surface area contributed by atoms with Crippen LogP contribution in [0.15, 0.2) is 41.3 Å². The summed E-state index contributed by atoms with van der Waals surface area (Å²) in [6.07, 6.45) is 45.4. The molecular formula is C53H85N5O2S2. The zero-order valence-electron chi connectivity index (χ0n) is 38.4. The first kappa shape index (κ1) is 60.6. The molecule has 0 unspecified atom stereocenters. The molecule has 2 aromatic carbocycles. The summed E-state index contributed by atoms with van der Waals surface area (Å²) in [6.45, 7) is 4.57. The number of nitriles is 4. The highest BCUT2D eigenvalue weighted by Crippen LogP contribution is 2.23. The molecule has 7 nitrogen and oxygen atoms in total. The molecule has 0 N–H and O–H groups in total. The van der Waals surface area contributed by atoms with Gasteiger partial charge in [-0.3, -0.25) is 10.1 Å². The van der Waals surface area contributed by atoms with E-state index in [2.05, 4.69) is 38.6 Å². The standard InChI is InChI=1S/C26H40N2S.C18H38S.C8H3N3O2.CH4/c1-2-3-4-5-6-7-8-9-10-11-12-13-14-15-16-17-20-29-26-19-18-24(22-27)25(21-26)23-28;1-2-3-4-5-6-7-8-9-10-11-12-13-14-15-16-17-18-19;9-4-6-1-2-8(11(12)13)3-7(6)5-10;/h18-19,21H,2-17,20H2,1H3;19H,2-18H2,1H3;1-3H;1H4. The average molecular weight is 888 g/mol. The second-order valence-electron chi connectivity index (χ2n) is 16.3. The van der Waals surface area contributed by atoms with Gasteiger partial charge < -0.3 is 0 Å². The summed E-state index contributed by atoms with van der Waals surface area (Å²) in [6, 6.07) is 16.8. The number of hydrogen-bond donors (Lipinski definition) is 1. The Hall–Kier alpha value is -3.50. The summed E-state index contributed by atoms with van der Waals surface area (Å²) >= 11 is 6.04. The highest BCUT2D eigenvalue weighted by atomic mass is 32.2. The van der Waals surface area contributed by atoms with Gasteiger partial charge in [0.05, 0.1) is 27.2 Å². The van der Waals surface area contributed by atoms with Crippen molar-refractivity contribution in [3.63, 3.8) is 0 Å². The predicted molar refractivity (Wildman–Crippen MR) is 269 cm³/mol. The van der Waals surface area contributed by atoms with E-state index in [0.717, 1.165) is 22.5 Å². The molecule has 62 heavy (non-hydrogen) atoms. The number of thioether (sulfide) groups is 1. The largest absolute Gasteiger partial charge is 0.270 e. The summed E-state index contributed by atoms with van der Waals surface area (Å²) in [5, 5.41) is 45.4. The van der Waals surface area contributed by atoms with Crippen molar-refractivity contribution >= 4 is 30.1 Å². The van der Waals surface area contributed by atoms with E-state index < -0.39 is 4.92 Å². The maximum atomic E-state index is 10.3. The predicted octanol–water partition coefficient (Wildman–Crippen LogP) is 17.9. The van der Waals surface area contributed by atoms with Crippen molar-refractivity contribution < 1.29 is 4.92 Å². The van der Waals surface area contributed by atoms with E-state index in [0.29, 0.717) is 11.1 Å². The number of nitrogens with zero attached hydrogens (tertiary/aromatic N) is 5. The number of rotatable bonds is 35. The van der Waals surface area contributed by atoms with E-state index in [1.54, 1.807) is 30.0 Å². The number of hydrogen-bond acceptors (Lipinski definition) is 8. The van der Waals surface area contributed by atoms with Crippen LogP contribution in [-0.2, 0) is 0 Å². The van der Waals surface area contributed by atoms with E-state index in [4.69, 9.17) is 21.0 Å². The van der Waals surface area contributed by atoms with Gasteiger partial charge in [0.2, 0.25) is 0 Å². The summed E-state index contributed by atoms with van der Waals surface area (Å²) in [5.41, 5.74) is 0.948. The summed E-state index contributed by atoms with van der Waals surface area (Å²) in [4.78, 5) is 10.8. The first-order valence-electron chi connectivity index (χ1n) is 24.2. The van der Waals surface area contributed by atoms with Gasteiger partial charge >= 0.3 is 0 Å². The molecule has 0 atom stereocenters. The fourth-order valence-electron chi connectivity index (χ4n) is 7.14. The first-order chi connectivity index (χ1) is 29.9. The Balaban J connectivity index is 0. The van der Waals surface area contributed by atoms with E-state index in [1.807, 2.05) is 12.1 Å². The molecule has 9 heteroatoms. The zero-order valence-corrected chi connectivity index (χ0v) is 40.1. The lowest BCUT2D eigenvalue weighted by Gasteiger charge is -2.04. The first-order valence-corrected chi connectivity index (χ1v) is 25.8. The molecule has 0 spiro atoms. The monoisotopic (exact) mass is 888 g/mol. The molecular weight excluding hydrogens is 803 g/mol. The van der Waals surface area contributed by atoms with Crippen LogP contribution < -0.4 is 0 Å². The highest BCUT2D eigenvalue weighted by molar-refractivity contribution is 7.99. The fourth-order valence-corrected chi connectivity index (χ4v) is 8.31. The second kappa shape index (κ2) is 47.0. The van der Waals surface area contributed by atoms with Crippen LogP contribution in [-0.4, -0.2) is 16.4 Å². The third-order valence-corrected chi connectivity index (χ3v) is 12.4. The molecule has 0 radical (unpaired) electrons. The van der Waals surface area contributed by atoms with Crippen LogP contribution in [0.5, 0.6) is 0 Å². The van der Waals surface area contributed by atoms with E-state index in [1.165, 1.54) is 218 Å². The van der Waals surface area contributed by atoms with Gasteiger partial charge in [0, 0.05) is 17.0 Å². The maximum Gasteiger partial charge on any atom is 0.270 e. The van der Waals surface area contributed by atoms with Crippen molar-refractivity contribution in [3.8, 4) is 24.3 Å². The summed E-state index contributed by atoms with van der Waals surface area (Å²) in [5.74, 6) is 2.16. The SMILES string of the molecule is C.CCCCCCCCCCCCCCCCCCS.CCCCCCCCCCCCCCCCCCSc1ccc(C#N)c(C#N)c1.N#Cc1ccc([N+](=O)[O-])cc1C#N. The molecule has 0 saturated carbocycles. The van der Waals surface area contributed by atoms with E-state index in [-0.39, 0.29) is 24.2 Å². The third kappa shape index (κ3) is 36.0. The number of nitro benzene ring substituents is 1. The molecule has 0 aliphatic carbocycles. The highest BCUT2D eigenvalue weighted by Gasteiger charge is 2.09. The number of benzene rings is 2. The summed E-state index contributed by atoms with van der Waals surface area (Å²) in [7, 11) is 0. The molecule has 0 saturated heterocycles. The van der Waals surface area contributed by atoms with Crippen molar-refractivity contribution in [2.75, 3.05) is 11.5 Å². The van der Waals surface area contributed by atoms with Gasteiger partial charge in [-0.15, -0.1) is 11.8 Å². The average Bonchev–Trinajstić information content (AvgIpc) is 3.28. The van der Waals surface area contributed by atoms with Crippen LogP contribution in [0.1, 0.15) is 249 Å². The Morgan fingerprint density at radius 3 is 1.10 bits per heavy atom.